The lowest BCUT2D eigenvalue weighted by Crippen LogP contribution is -2.26. The third kappa shape index (κ3) is 7.80. The standard InChI is InChI=1S/C78H54N2O/c1-3-52(4-2)56-28-36-60(37-29-56)79(61-38-30-57(31-39-61)53-18-8-5-9-19-53)64-44-46-73-68(48-64)69-49-65(80(62-40-32-58(33-41-62)54-20-10-6-11-21-54)63-42-34-59(35-43-63)55-22-12-7-13-23-55)45-47-74(69)78(73)72-26-16-14-24-66(72)70-51-77-71(50-75(70)78)67-25-15-17-27-76(67)81-77/h3-51H,1H2,2H3/b52-4+. The molecule has 0 fully saturated rings. The van der Waals surface area contributed by atoms with Gasteiger partial charge in [0.1, 0.15) is 11.2 Å². The molecule has 13 aromatic rings. The number of rotatable bonds is 11. The van der Waals surface area contributed by atoms with Crippen LogP contribution in [0.3, 0.4) is 0 Å². The smallest absolute Gasteiger partial charge is 0.136 e. The monoisotopic (exact) mass is 1030 g/mol. The molecule has 0 aliphatic heterocycles. The average molecular weight is 1040 g/mol. The summed E-state index contributed by atoms with van der Waals surface area (Å²) in [5, 5.41) is 2.24. The lowest BCUT2D eigenvalue weighted by molar-refractivity contribution is 0.669. The van der Waals surface area contributed by atoms with Crippen LogP contribution in [0.25, 0.3) is 83.1 Å². The minimum absolute atomic E-state index is 0.642. The van der Waals surface area contributed by atoms with E-state index in [1.165, 1.54) is 77.9 Å². The number of nitrogens with zero attached hydrogens (tertiary/aromatic N) is 2. The quantitative estimate of drug-likeness (QED) is 0.120. The van der Waals surface area contributed by atoms with Crippen LogP contribution in [0.1, 0.15) is 34.7 Å². The molecule has 0 amide bonds. The van der Waals surface area contributed by atoms with Crippen LogP contribution < -0.4 is 9.80 Å². The van der Waals surface area contributed by atoms with Crippen LogP contribution in [0.4, 0.5) is 34.1 Å². The lowest BCUT2D eigenvalue weighted by Gasteiger charge is -2.32. The number of hydrogen-bond donors (Lipinski definition) is 0. The summed E-state index contributed by atoms with van der Waals surface area (Å²) in [6, 6.07) is 104. The SMILES string of the molecule is C=C/C(=C\C)c1ccc(N(c2ccc(-c3ccccc3)cc2)c2ccc3c(c2)-c2cc(N(c4ccc(-c5ccccc5)cc4)c4ccc(-c5ccccc5)cc4)ccc2C32c3ccccc3-c3cc4oc5ccccc5c4cc32)cc1. The Kier molecular flexibility index (Phi) is 11.5. The van der Waals surface area contributed by atoms with Crippen molar-refractivity contribution in [1.82, 2.24) is 0 Å². The van der Waals surface area contributed by atoms with Crippen molar-refractivity contribution in [2.24, 2.45) is 0 Å². The molecule has 2 aliphatic rings. The molecule has 1 aromatic heterocycles. The molecule has 0 radical (unpaired) electrons. The summed E-state index contributed by atoms with van der Waals surface area (Å²) in [6.45, 7) is 6.19. The molecule has 1 atom stereocenters. The third-order valence-electron chi connectivity index (χ3n) is 16.9. The first-order valence-corrected chi connectivity index (χ1v) is 27.9. The average Bonchev–Trinajstić information content (AvgIpc) is 2.16. The number of hydrogen-bond acceptors (Lipinski definition) is 3. The fourth-order valence-electron chi connectivity index (χ4n) is 13.1. The highest BCUT2D eigenvalue weighted by Crippen LogP contribution is 2.64. The second-order valence-electron chi connectivity index (χ2n) is 21.2. The topological polar surface area (TPSA) is 19.6 Å². The molecular formula is C78H54N2O. The molecule has 1 unspecified atom stereocenters. The van der Waals surface area contributed by atoms with Gasteiger partial charge in [-0.25, -0.2) is 0 Å². The van der Waals surface area contributed by atoms with E-state index in [0.29, 0.717) is 0 Å². The lowest BCUT2D eigenvalue weighted by atomic mass is 9.70. The Morgan fingerprint density at radius 1 is 0.333 bits per heavy atom. The Balaban J connectivity index is 0.968. The first-order chi connectivity index (χ1) is 40.0. The van der Waals surface area contributed by atoms with Crippen molar-refractivity contribution in [2.45, 2.75) is 12.3 Å². The van der Waals surface area contributed by atoms with E-state index in [4.69, 9.17) is 4.42 Å². The van der Waals surface area contributed by atoms with Gasteiger partial charge in [0.25, 0.3) is 0 Å². The summed E-state index contributed by atoms with van der Waals surface area (Å²) in [5.74, 6) is 0. The second-order valence-corrected chi connectivity index (χ2v) is 21.2. The summed E-state index contributed by atoms with van der Waals surface area (Å²) >= 11 is 0. The van der Waals surface area contributed by atoms with E-state index in [1.54, 1.807) is 0 Å². The number of allylic oxidation sites excluding steroid dienone is 3. The highest BCUT2D eigenvalue weighted by atomic mass is 16.3. The van der Waals surface area contributed by atoms with Crippen LogP contribution in [-0.4, -0.2) is 0 Å². The molecule has 3 heteroatoms. The zero-order valence-corrected chi connectivity index (χ0v) is 44.8. The molecule has 382 valence electrons. The van der Waals surface area contributed by atoms with Gasteiger partial charge >= 0.3 is 0 Å². The zero-order chi connectivity index (χ0) is 54.0. The Morgan fingerprint density at radius 2 is 0.728 bits per heavy atom. The van der Waals surface area contributed by atoms with Crippen LogP contribution >= 0.6 is 0 Å². The Bertz CT molecular complexity index is 4480. The van der Waals surface area contributed by atoms with E-state index in [0.717, 1.165) is 67.2 Å². The van der Waals surface area contributed by atoms with Gasteiger partial charge in [-0.05, 0) is 187 Å². The molecule has 0 saturated carbocycles. The van der Waals surface area contributed by atoms with Crippen molar-refractivity contribution in [3.63, 3.8) is 0 Å². The van der Waals surface area contributed by atoms with Crippen molar-refractivity contribution in [1.29, 1.82) is 0 Å². The van der Waals surface area contributed by atoms with Gasteiger partial charge in [0, 0.05) is 44.9 Å². The summed E-state index contributed by atoms with van der Waals surface area (Å²) in [6.07, 6.45) is 4.04. The molecule has 12 aromatic carbocycles. The number of anilines is 6. The molecular weight excluding hydrogens is 981 g/mol. The Hall–Kier alpha value is -10.5. The fraction of sp³-hybridized carbons (Fsp3) is 0.0256. The maximum atomic E-state index is 6.65. The normalized spacial score (nSPS) is 13.9. The van der Waals surface area contributed by atoms with E-state index >= 15 is 0 Å². The van der Waals surface area contributed by atoms with Gasteiger partial charge in [0.15, 0.2) is 0 Å². The van der Waals surface area contributed by atoms with E-state index in [1.807, 2.05) is 6.08 Å². The van der Waals surface area contributed by atoms with Gasteiger partial charge in [-0.15, -0.1) is 0 Å². The van der Waals surface area contributed by atoms with Gasteiger partial charge in [-0.1, -0.05) is 213 Å². The molecule has 2 aliphatic carbocycles. The Morgan fingerprint density at radius 3 is 1.21 bits per heavy atom. The summed E-state index contributed by atoms with van der Waals surface area (Å²) in [4.78, 5) is 4.82. The first-order valence-electron chi connectivity index (χ1n) is 27.9. The third-order valence-corrected chi connectivity index (χ3v) is 16.9. The van der Waals surface area contributed by atoms with Gasteiger partial charge < -0.3 is 14.2 Å². The molecule has 1 spiro atoms. The number of fused-ring (bicyclic) bond motifs is 13. The van der Waals surface area contributed by atoms with E-state index < -0.39 is 5.41 Å². The van der Waals surface area contributed by atoms with Crippen molar-refractivity contribution in [2.75, 3.05) is 9.80 Å². The van der Waals surface area contributed by atoms with Crippen LogP contribution in [0, 0.1) is 0 Å². The number of para-hydroxylation sites is 1. The van der Waals surface area contributed by atoms with Gasteiger partial charge in [0.05, 0.1) is 5.41 Å². The van der Waals surface area contributed by atoms with Crippen LogP contribution in [-0.2, 0) is 5.41 Å². The van der Waals surface area contributed by atoms with Gasteiger partial charge in [-0.3, -0.25) is 0 Å². The molecule has 81 heavy (non-hydrogen) atoms. The van der Waals surface area contributed by atoms with Crippen LogP contribution in [0.2, 0.25) is 0 Å². The summed E-state index contributed by atoms with van der Waals surface area (Å²) in [5.41, 5.74) is 26.7. The van der Waals surface area contributed by atoms with Crippen molar-refractivity contribution in [3.8, 4) is 55.6 Å². The van der Waals surface area contributed by atoms with Crippen molar-refractivity contribution in [3.05, 3.63) is 332 Å². The predicted molar refractivity (Wildman–Crippen MR) is 340 cm³/mol. The fourth-order valence-corrected chi connectivity index (χ4v) is 13.1. The summed E-state index contributed by atoms with van der Waals surface area (Å²) in [7, 11) is 0. The number of benzene rings is 12. The minimum Gasteiger partial charge on any atom is -0.456 e. The molecule has 15 rings (SSSR count). The molecule has 3 nitrogen and oxygen atoms in total. The highest BCUT2D eigenvalue weighted by molar-refractivity contribution is 6.09. The van der Waals surface area contributed by atoms with E-state index in [-0.39, 0.29) is 0 Å². The highest BCUT2D eigenvalue weighted by Gasteiger charge is 2.52. The minimum atomic E-state index is -0.642. The van der Waals surface area contributed by atoms with Crippen molar-refractivity contribution >= 4 is 61.6 Å². The van der Waals surface area contributed by atoms with Crippen molar-refractivity contribution < 1.29 is 4.42 Å². The first kappa shape index (κ1) is 47.7. The second kappa shape index (κ2) is 19.5. The van der Waals surface area contributed by atoms with E-state index in [9.17, 15) is 0 Å². The maximum Gasteiger partial charge on any atom is 0.136 e. The Labute approximate surface area is 472 Å². The van der Waals surface area contributed by atoms with Crippen LogP contribution in [0.5, 0.6) is 0 Å². The number of furan rings is 1. The summed E-state index contributed by atoms with van der Waals surface area (Å²) < 4.78 is 6.65. The largest absolute Gasteiger partial charge is 0.456 e. The predicted octanol–water partition coefficient (Wildman–Crippen LogP) is 21.5. The van der Waals surface area contributed by atoms with Gasteiger partial charge in [0.2, 0.25) is 0 Å². The molecule has 0 saturated heterocycles. The maximum absolute atomic E-state index is 6.65. The molecule has 1 heterocycles. The zero-order valence-electron chi connectivity index (χ0n) is 44.8. The van der Waals surface area contributed by atoms with E-state index in [2.05, 4.69) is 314 Å². The molecule has 0 N–H and O–H groups in total. The van der Waals surface area contributed by atoms with Gasteiger partial charge in [-0.2, -0.15) is 0 Å². The molecule has 0 bridgehead atoms. The van der Waals surface area contributed by atoms with Crippen LogP contribution in [0.15, 0.2) is 308 Å².